The van der Waals surface area contributed by atoms with E-state index in [1.165, 1.54) is 4.31 Å². The standard InChI is InChI=1S/C40H33N3O4S/c1-28-17-23-34(24-18-28)48(45,46)43-38(32-15-9-4-10-16-32)37(31-13-7-3-8-14-31)42-39(43)36-26-25-35(47-36)30-19-21-33(22-20-30)40(44)41-27-29-11-5-2-6-12-29/h2-26,37-38H,27H2,1H3,(H,41,44)/t37-,38-/m1/s1. The summed E-state index contributed by atoms with van der Waals surface area (Å²) in [6, 6.07) is 45.4. The first-order chi connectivity index (χ1) is 23.4. The highest BCUT2D eigenvalue weighted by atomic mass is 32.2. The van der Waals surface area contributed by atoms with Crippen molar-refractivity contribution >= 4 is 21.8 Å². The van der Waals surface area contributed by atoms with Crippen LogP contribution in [0.3, 0.4) is 0 Å². The van der Waals surface area contributed by atoms with Gasteiger partial charge in [0.2, 0.25) is 0 Å². The molecule has 8 heteroatoms. The Balaban J connectivity index is 1.24. The lowest BCUT2D eigenvalue weighted by Gasteiger charge is -2.30. The van der Waals surface area contributed by atoms with Crippen LogP contribution >= 0.6 is 0 Å². The van der Waals surface area contributed by atoms with Crippen LogP contribution in [0.1, 0.15) is 50.5 Å². The predicted molar refractivity (Wildman–Crippen MR) is 187 cm³/mol. The highest BCUT2D eigenvalue weighted by Gasteiger charge is 2.46. The van der Waals surface area contributed by atoms with Crippen LogP contribution in [0.25, 0.3) is 11.3 Å². The molecule has 7 rings (SSSR count). The molecule has 6 aromatic rings. The van der Waals surface area contributed by atoms with Crippen molar-refractivity contribution in [3.63, 3.8) is 0 Å². The summed E-state index contributed by atoms with van der Waals surface area (Å²) >= 11 is 0. The number of rotatable bonds is 9. The van der Waals surface area contributed by atoms with Gasteiger partial charge in [0.1, 0.15) is 11.8 Å². The van der Waals surface area contributed by atoms with Gasteiger partial charge in [0.25, 0.3) is 15.9 Å². The Kier molecular flexibility index (Phi) is 8.48. The maximum Gasteiger partial charge on any atom is 0.266 e. The Hall–Kier alpha value is -5.73. The van der Waals surface area contributed by atoms with Crippen LogP contribution in [-0.2, 0) is 16.6 Å². The second kappa shape index (κ2) is 13.2. The van der Waals surface area contributed by atoms with Crippen molar-refractivity contribution in [1.29, 1.82) is 0 Å². The third-order valence-corrected chi connectivity index (χ3v) is 10.2. The Labute approximate surface area is 280 Å². The van der Waals surface area contributed by atoms with Gasteiger partial charge in [-0.2, -0.15) is 0 Å². The van der Waals surface area contributed by atoms with E-state index in [0.717, 1.165) is 27.8 Å². The van der Waals surface area contributed by atoms with Crippen LogP contribution < -0.4 is 5.32 Å². The monoisotopic (exact) mass is 651 g/mol. The van der Waals surface area contributed by atoms with Crippen molar-refractivity contribution in [2.75, 3.05) is 0 Å². The summed E-state index contributed by atoms with van der Waals surface area (Å²) in [5.41, 5.74) is 4.94. The summed E-state index contributed by atoms with van der Waals surface area (Å²) in [6.45, 7) is 2.35. The zero-order chi connectivity index (χ0) is 33.1. The predicted octanol–water partition coefficient (Wildman–Crippen LogP) is 8.12. The first-order valence-corrected chi connectivity index (χ1v) is 17.1. The molecule has 5 aromatic carbocycles. The topological polar surface area (TPSA) is 92.0 Å². The summed E-state index contributed by atoms with van der Waals surface area (Å²) in [5.74, 6) is 0.893. The minimum absolute atomic E-state index is 0.170. The van der Waals surface area contributed by atoms with E-state index in [1.807, 2.05) is 110 Å². The van der Waals surface area contributed by atoms with Crippen LogP contribution in [0.5, 0.6) is 0 Å². The second-order valence-electron chi connectivity index (χ2n) is 11.7. The molecule has 1 aliphatic rings. The van der Waals surface area contributed by atoms with Gasteiger partial charge in [0.15, 0.2) is 11.6 Å². The number of furan rings is 1. The SMILES string of the molecule is Cc1ccc(S(=O)(=O)N2C(c3ccc(-c4ccc(C(=O)NCc5ccccc5)cc4)o3)=N[C@H](c3ccccc3)[C@H]2c2ccccc2)cc1. The van der Waals surface area contributed by atoms with Crippen LogP contribution in [0, 0.1) is 6.92 Å². The molecule has 0 bridgehead atoms. The minimum Gasteiger partial charge on any atom is -0.453 e. The van der Waals surface area contributed by atoms with Crippen molar-refractivity contribution in [2.24, 2.45) is 4.99 Å². The van der Waals surface area contributed by atoms with Gasteiger partial charge in [-0.15, -0.1) is 0 Å². The Bertz CT molecular complexity index is 2160. The molecule has 1 N–H and O–H groups in total. The molecule has 2 heterocycles. The van der Waals surface area contributed by atoms with Crippen LogP contribution in [0.15, 0.2) is 166 Å². The lowest BCUT2D eigenvalue weighted by atomic mass is 9.95. The van der Waals surface area contributed by atoms with Gasteiger partial charge in [-0.3, -0.25) is 9.79 Å². The van der Waals surface area contributed by atoms with Crippen LogP contribution in [0.2, 0.25) is 0 Å². The fourth-order valence-corrected chi connectivity index (χ4v) is 7.54. The largest absolute Gasteiger partial charge is 0.453 e. The normalized spacial score (nSPS) is 16.0. The lowest BCUT2D eigenvalue weighted by molar-refractivity contribution is 0.0951. The Morgan fingerprint density at radius 1 is 0.708 bits per heavy atom. The molecular formula is C40H33N3O4S. The molecule has 0 radical (unpaired) electrons. The number of nitrogens with one attached hydrogen (secondary N) is 1. The molecule has 2 atom stereocenters. The quantitative estimate of drug-likeness (QED) is 0.171. The van der Waals surface area contributed by atoms with Crippen molar-refractivity contribution < 1.29 is 17.6 Å². The van der Waals surface area contributed by atoms with Gasteiger partial charge in [-0.1, -0.05) is 121 Å². The molecule has 7 nitrogen and oxygen atoms in total. The smallest absolute Gasteiger partial charge is 0.266 e. The molecule has 238 valence electrons. The number of sulfonamides is 1. The maximum absolute atomic E-state index is 14.6. The first kappa shape index (κ1) is 30.9. The molecular weight excluding hydrogens is 619 g/mol. The number of hydrogen-bond acceptors (Lipinski definition) is 5. The van der Waals surface area contributed by atoms with Crippen molar-refractivity contribution in [3.05, 3.63) is 185 Å². The maximum atomic E-state index is 14.6. The van der Waals surface area contributed by atoms with Gasteiger partial charge in [-0.25, -0.2) is 12.7 Å². The van der Waals surface area contributed by atoms with Crippen molar-refractivity contribution in [1.82, 2.24) is 9.62 Å². The summed E-state index contributed by atoms with van der Waals surface area (Å²) in [5, 5.41) is 2.95. The number of carbonyl (C=O) groups is 1. The number of amidine groups is 1. The number of nitrogens with zero attached hydrogens (tertiary/aromatic N) is 2. The number of aliphatic imine (C=N–C) groups is 1. The van der Waals surface area contributed by atoms with E-state index < -0.39 is 22.1 Å². The van der Waals surface area contributed by atoms with E-state index in [2.05, 4.69) is 5.32 Å². The van der Waals surface area contributed by atoms with E-state index in [4.69, 9.17) is 9.41 Å². The van der Waals surface area contributed by atoms with Crippen LogP contribution in [0.4, 0.5) is 0 Å². The molecule has 1 aliphatic heterocycles. The van der Waals surface area contributed by atoms with E-state index in [1.54, 1.807) is 48.5 Å². The van der Waals surface area contributed by atoms with E-state index in [-0.39, 0.29) is 16.6 Å². The molecule has 0 saturated carbocycles. The van der Waals surface area contributed by atoms with Gasteiger partial charge in [-0.05, 0) is 60.0 Å². The highest BCUT2D eigenvalue weighted by molar-refractivity contribution is 7.89. The van der Waals surface area contributed by atoms with Gasteiger partial charge >= 0.3 is 0 Å². The summed E-state index contributed by atoms with van der Waals surface area (Å²) in [4.78, 5) is 18.0. The van der Waals surface area contributed by atoms with Crippen molar-refractivity contribution in [3.8, 4) is 11.3 Å². The number of carbonyl (C=O) groups excluding carboxylic acids is 1. The molecule has 0 saturated heterocycles. The highest BCUT2D eigenvalue weighted by Crippen LogP contribution is 2.46. The third-order valence-electron chi connectivity index (χ3n) is 8.44. The molecule has 0 unspecified atom stereocenters. The Morgan fingerprint density at radius 3 is 1.94 bits per heavy atom. The molecule has 1 amide bonds. The van der Waals surface area contributed by atoms with E-state index in [9.17, 15) is 13.2 Å². The summed E-state index contributed by atoms with van der Waals surface area (Å²) < 4.78 is 36.9. The zero-order valence-electron chi connectivity index (χ0n) is 26.2. The number of amides is 1. The molecule has 0 fully saturated rings. The number of hydrogen-bond donors (Lipinski definition) is 1. The third kappa shape index (κ3) is 6.18. The minimum atomic E-state index is -4.09. The average Bonchev–Trinajstić information content (AvgIpc) is 3.79. The fourth-order valence-electron chi connectivity index (χ4n) is 5.93. The molecule has 0 aliphatic carbocycles. The van der Waals surface area contributed by atoms with E-state index in [0.29, 0.717) is 23.6 Å². The van der Waals surface area contributed by atoms with Crippen LogP contribution in [-0.4, -0.2) is 24.5 Å². The molecule has 1 aromatic heterocycles. The first-order valence-electron chi connectivity index (χ1n) is 15.7. The number of benzene rings is 5. The average molecular weight is 652 g/mol. The number of aryl methyl sites for hydroxylation is 1. The van der Waals surface area contributed by atoms with Gasteiger partial charge in [0, 0.05) is 17.7 Å². The summed E-state index contributed by atoms with van der Waals surface area (Å²) in [6.07, 6.45) is 0. The Morgan fingerprint density at radius 2 is 1.29 bits per heavy atom. The second-order valence-corrected chi connectivity index (χ2v) is 13.5. The zero-order valence-corrected chi connectivity index (χ0v) is 27.0. The molecule has 0 spiro atoms. The van der Waals surface area contributed by atoms with Gasteiger partial charge < -0.3 is 9.73 Å². The van der Waals surface area contributed by atoms with Crippen molar-refractivity contribution in [2.45, 2.75) is 30.4 Å². The fraction of sp³-hybridized carbons (Fsp3) is 0.100. The molecule has 48 heavy (non-hydrogen) atoms. The van der Waals surface area contributed by atoms with Gasteiger partial charge in [0.05, 0.1) is 10.9 Å². The summed E-state index contributed by atoms with van der Waals surface area (Å²) in [7, 11) is -4.09. The lowest BCUT2D eigenvalue weighted by Crippen LogP contribution is -2.37. The van der Waals surface area contributed by atoms with E-state index >= 15 is 0 Å².